The first-order valence-corrected chi connectivity index (χ1v) is 16.3. The molecule has 14 nitrogen and oxygen atoms in total. The second kappa shape index (κ2) is 12.4. The van der Waals surface area contributed by atoms with Crippen LogP contribution in [0.25, 0.3) is 33.2 Å². The third kappa shape index (κ3) is 6.10. The molecule has 0 fully saturated rings. The van der Waals surface area contributed by atoms with E-state index in [1.54, 1.807) is 49.8 Å². The molecule has 0 aliphatic rings. The minimum atomic E-state index is -5.34. The maximum absolute atomic E-state index is 13.5. The highest BCUT2D eigenvalue weighted by Crippen LogP contribution is 2.44. The summed E-state index contributed by atoms with van der Waals surface area (Å²) >= 11 is 5.96. The van der Waals surface area contributed by atoms with Crippen LogP contribution in [0.4, 0.5) is 17.1 Å². The van der Waals surface area contributed by atoms with E-state index >= 15 is 0 Å². The summed E-state index contributed by atoms with van der Waals surface area (Å²) < 4.78 is 49.2. The van der Waals surface area contributed by atoms with E-state index in [0.29, 0.717) is 16.7 Å². The predicted octanol–water partition coefficient (Wildman–Crippen LogP) is 6.49. The van der Waals surface area contributed by atoms with Crippen molar-refractivity contribution in [2.45, 2.75) is 19.8 Å². The predicted molar refractivity (Wildman–Crippen MR) is 182 cm³/mol. The van der Waals surface area contributed by atoms with Crippen molar-refractivity contribution in [3.05, 3.63) is 121 Å². The Morgan fingerprint density at radius 2 is 1.86 bits per heavy atom. The van der Waals surface area contributed by atoms with Crippen LogP contribution < -0.4 is 9.73 Å². The summed E-state index contributed by atoms with van der Waals surface area (Å²) in [6.07, 6.45) is 1.82. The Labute approximate surface area is 283 Å². The van der Waals surface area contributed by atoms with Gasteiger partial charge in [0.2, 0.25) is 0 Å². The van der Waals surface area contributed by atoms with Gasteiger partial charge < -0.3 is 9.15 Å². The fourth-order valence-corrected chi connectivity index (χ4v) is 6.79. The van der Waals surface area contributed by atoms with Gasteiger partial charge in [0.05, 0.1) is 28.6 Å². The summed E-state index contributed by atoms with van der Waals surface area (Å²) in [5, 5.41) is 18.0. The van der Waals surface area contributed by atoms with Gasteiger partial charge in [0.15, 0.2) is 11.1 Å². The van der Waals surface area contributed by atoms with Gasteiger partial charge in [-0.05, 0) is 55.0 Å². The number of pyridine rings is 1. The van der Waals surface area contributed by atoms with E-state index in [1.807, 2.05) is 12.3 Å². The van der Waals surface area contributed by atoms with Crippen molar-refractivity contribution >= 4 is 66.8 Å². The summed E-state index contributed by atoms with van der Waals surface area (Å²) in [5.41, 5.74) is -0.222. The van der Waals surface area contributed by atoms with Crippen molar-refractivity contribution in [3.8, 4) is 11.3 Å². The zero-order chi connectivity index (χ0) is 35.4. The fraction of sp³-hybridized carbons (Fsp3) is 0.152. The Hall–Kier alpha value is -5.64. The SMILES string of the molecule is COC(=O)c1nc(Cl)ccc1N(c1cccc([C@@H](C)c2cc(C)cc3c(=O)cc(-c4ccc5nn(C)cc5c4)oc23)c1[N+](=O)[O-])S(=O)(=O)O. The number of benzene rings is 3. The fourth-order valence-electron chi connectivity index (χ4n) is 5.85. The van der Waals surface area contributed by atoms with Crippen LogP contribution in [0.2, 0.25) is 5.15 Å². The normalized spacial score (nSPS) is 12.3. The molecule has 6 aromatic rings. The number of para-hydroxylation sites is 1. The molecular weight excluding hydrogens is 678 g/mol. The lowest BCUT2D eigenvalue weighted by Gasteiger charge is -2.24. The van der Waals surface area contributed by atoms with Gasteiger partial charge in [-0.3, -0.25) is 24.1 Å². The number of nitro benzene ring substituents is 1. The van der Waals surface area contributed by atoms with Crippen LogP contribution >= 0.6 is 11.6 Å². The van der Waals surface area contributed by atoms with Crippen LogP contribution in [0.15, 0.2) is 82.1 Å². The molecule has 0 spiro atoms. The number of hydrogen-bond acceptors (Lipinski definition) is 10. The summed E-state index contributed by atoms with van der Waals surface area (Å²) in [6.45, 7) is 3.39. The van der Waals surface area contributed by atoms with Crippen LogP contribution in [0.5, 0.6) is 0 Å². The number of carbonyl (C=O) groups is 1. The lowest BCUT2D eigenvalue weighted by atomic mass is 9.89. The molecule has 0 amide bonds. The molecule has 0 radical (unpaired) electrons. The molecule has 1 N–H and O–H groups in total. The molecule has 0 saturated carbocycles. The number of ether oxygens (including phenoxy) is 1. The minimum absolute atomic E-state index is 0.00872. The number of rotatable bonds is 8. The topological polar surface area (TPSA) is 188 Å². The molecule has 3 aromatic carbocycles. The average molecular weight is 704 g/mol. The highest BCUT2D eigenvalue weighted by Gasteiger charge is 2.36. The monoisotopic (exact) mass is 703 g/mol. The Bertz CT molecular complexity index is 2510. The molecule has 0 aliphatic heterocycles. The van der Waals surface area contributed by atoms with E-state index in [-0.39, 0.29) is 37.2 Å². The number of esters is 1. The molecule has 0 unspecified atom stereocenters. The van der Waals surface area contributed by atoms with Crippen LogP contribution in [-0.4, -0.2) is 45.7 Å². The van der Waals surface area contributed by atoms with Crippen LogP contribution in [0.1, 0.15) is 40.0 Å². The Balaban J connectivity index is 1.58. The van der Waals surface area contributed by atoms with Crippen molar-refractivity contribution in [2.24, 2.45) is 7.05 Å². The molecule has 3 aromatic heterocycles. The molecular formula is C33H26ClN5O9S. The quantitative estimate of drug-likeness (QED) is 0.0600. The number of methoxy groups -OCH3 is 1. The number of nitrogens with zero attached hydrogens (tertiary/aromatic N) is 5. The number of aryl methyl sites for hydroxylation is 2. The van der Waals surface area contributed by atoms with Gasteiger partial charge in [0, 0.05) is 47.3 Å². The number of halogens is 1. The van der Waals surface area contributed by atoms with Crippen molar-refractivity contribution in [2.75, 3.05) is 11.4 Å². The van der Waals surface area contributed by atoms with Crippen molar-refractivity contribution in [3.63, 3.8) is 0 Å². The maximum atomic E-state index is 13.5. The number of aromatic nitrogens is 3. The molecule has 3 heterocycles. The smallest absolute Gasteiger partial charge is 0.364 e. The number of carbonyl (C=O) groups excluding carboxylic acids is 1. The van der Waals surface area contributed by atoms with Gasteiger partial charge in [0.25, 0.3) is 5.69 Å². The molecule has 16 heteroatoms. The molecule has 0 aliphatic carbocycles. The molecule has 0 saturated heterocycles. The first-order valence-electron chi connectivity index (χ1n) is 14.5. The highest BCUT2D eigenvalue weighted by molar-refractivity contribution is 7.87. The van der Waals surface area contributed by atoms with E-state index in [4.69, 9.17) is 20.8 Å². The standard InChI is InChI=1S/C33H26ClN5O9S/c1-17-12-22(32-23(13-17)27(40)15-28(48-32)19-8-9-24-20(14-19)16-37(3)36-24)18(2)21-6-5-7-26(31(21)39(42)43)38(49(44,45)46)25-10-11-29(34)35-30(25)33(41)47-4/h5-16,18H,1-4H3,(H,44,45,46)/t18-/m1/s1. The van der Waals surface area contributed by atoms with Gasteiger partial charge >= 0.3 is 16.3 Å². The Morgan fingerprint density at radius 1 is 1.10 bits per heavy atom. The van der Waals surface area contributed by atoms with Crippen LogP contribution in [0.3, 0.4) is 0 Å². The zero-order valence-corrected chi connectivity index (χ0v) is 27.8. The van der Waals surface area contributed by atoms with Crippen molar-refractivity contribution in [1.82, 2.24) is 14.8 Å². The van der Waals surface area contributed by atoms with E-state index in [2.05, 4.69) is 10.1 Å². The van der Waals surface area contributed by atoms with Gasteiger partial charge in [0.1, 0.15) is 22.2 Å². The van der Waals surface area contributed by atoms with E-state index < -0.39 is 49.9 Å². The van der Waals surface area contributed by atoms with Crippen LogP contribution in [0, 0.1) is 17.0 Å². The molecule has 0 bridgehead atoms. The average Bonchev–Trinajstić information content (AvgIpc) is 3.43. The van der Waals surface area contributed by atoms with Gasteiger partial charge in [-0.1, -0.05) is 36.7 Å². The Morgan fingerprint density at radius 3 is 2.55 bits per heavy atom. The van der Waals surface area contributed by atoms with Crippen molar-refractivity contribution in [1.29, 1.82) is 0 Å². The van der Waals surface area contributed by atoms with Gasteiger partial charge in [-0.15, -0.1) is 0 Å². The first kappa shape index (κ1) is 33.3. The summed E-state index contributed by atoms with van der Waals surface area (Å²) in [5.74, 6) is -1.74. The van der Waals surface area contributed by atoms with Gasteiger partial charge in [-0.25, -0.2) is 14.1 Å². The minimum Gasteiger partial charge on any atom is -0.464 e. The lowest BCUT2D eigenvalue weighted by molar-refractivity contribution is -0.384. The number of hydrogen-bond donors (Lipinski definition) is 1. The van der Waals surface area contributed by atoms with E-state index in [1.165, 1.54) is 18.2 Å². The van der Waals surface area contributed by atoms with Gasteiger partial charge in [-0.2, -0.15) is 13.5 Å². The second-order valence-electron chi connectivity index (χ2n) is 11.2. The summed E-state index contributed by atoms with van der Waals surface area (Å²) in [7, 11) is -2.53. The first-order chi connectivity index (χ1) is 23.2. The Kier molecular flexibility index (Phi) is 8.44. The van der Waals surface area contributed by atoms with Crippen molar-refractivity contribution < 1.29 is 31.8 Å². The zero-order valence-electron chi connectivity index (χ0n) is 26.2. The lowest BCUT2D eigenvalue weighted by Crippen LogP contribution is -2.28. The van der Waals surface area contributed by atoms with E-state index in [0.717, 1.165) is 36.2 Å². The number of fused-ring (bicyclic) bond motifs is 2. The molecule has 1 atom stereocenters. The molecule has 250 valence electrons. The summed E-state index contributed by atoms with van der Waals surface area (Å²) in [6, 6.07) is 16.2. The largest absolute Gasteiger partial charge is 0.464 e. The number of anilines is 2. The molecule has 49 heavy (non-hydrogen) atoms. The van der Waals surface area contributed by atoms with Crippen LogP contribution in [-0.2, 0) is 22.1 Å². The number of nitro groups is 1. The summed E-state index contributed by atoms with van der Waals surface area (Å²) in [4.78, 5) is 41.9. The third-order valence-electron chi connectivity index (χ3n) is 7.95. The maximum Gasteiger partial charge on any atom is 0.364 e. The molecule has 6 rings (SSSR count). The third-order valence-corrected chi connectivity index (χ3v) is 9.02. The van der Waals surface area contributed by atoms with E-state index in [9.17, 15) is 32.7 Å². The highest BCUT2D eigenvalue weighted by atomic mass is 35.5. The second-order valence-corrected chi connectivity index (χ2v) is 12.9.